The predicted molar refractivity (Wildman–Crippen MR) is 69.5 cm³/mol. The van der Waals surface area contributed by atoms with Gasteiger partial charge in [0, 0.05) is 25.5 Å². The number of rotatable bonds is 6. The molecule has 0 atom stereocenters. The number of hydrogen-bond donors (Lipinski definition) is 2. The molecule has 0 aromatic heterocycles. The minimum atomic E-state index is -3.23. The molecule has 1 rings (SSSR count). The summed E-state index contributed by atoms with van der Waals surface area (Å²) in [6, 6.07) is 2.50. The first-order valence-electron chi connectivity index (χ1n) is 6.15. The summed E-state index contributed by atoms with van der Waals surface area (Å²) < 4.78 is 43.0. The Balaban J connectivity index is 3.08. The van der Waals surface area contributed by atoms with E-state index < -0.39 is 24.1 Å². The summed E-state index contributed by atoms with van der Waals surface area (Å²) in [6.07, 6.45) is 0.206. The highest BCUT2D eigenvalue weighted by atomic mass is 19.3. The maximum atomic E-state index is 14.1. The second kappa shape index (κ2) is 7.51. The molecule has 0 aliphatic heterocycles. The molecule has 21 heavy (non-hydrogen) atoms. The number of anilines is 1. The number of carbonyl (C=O) groups excluding carboxylic acids is 2. The third-order valence-electron chi connectivity index (χ3n) is 2.49. The van der Waals surface area contributed by atoms with E-state index in [1.165, 1.54) is 12.1 Å². The van der Waals surface area contributed by atoms with Gasteiger partial charge < -0.3 is 15.4 Å². The highest BCUT2D eigenvalue weighted by Crippen LogP contribution is 2.30. The van der Waals surface area contributed by atoms with Crippen molar-refractivity contribution in [1.82, 2.24) is 5.32 Å². The smallest absolute Gasteiger partial charge is 0.387 e. The molecule has 0 saturated heterocycles. The van der Waals surface area contributed by atoms with Crippen LogP contribution in [-0.4, -0.2) is 18.4 Å². The fourth-order valence-corrected chi connectivity index (χ4v) is 1.56. The molecule has 1 aromatic carbocycles. The first-order valence-corrected chi connectivity index (χ1v) is 6.15. The van der Waals surface area contributed by atoms with Gasteiger partial charge in [0.15, 0.2) is 11.6 Å². The van der Waals surface area contributed by atoms with Gasteiger partial charge in [0.2, 0.25) is 11.8 Å². The second-order valence-corrected chi connectivity index (χ2v) is 4.11. The molecule has 0 bridgehead atoms. The van der Waals surface area contributed by atoms with Gasteiger partial charge in [-0.25, -0.2) is 4.39 Å². The Morgan fingerprint density at radius 2 is 2.00 bits per heavy atom. The fourth-order valence-electron chi connectivity index (χ4n) is 1.56. The van der Waals surface area contributed by atoms with Crippen LogP contribution in [0.4, 0.5) is 18.9 Å². The summed E-state index contributed by atoms with van der Waals surface area (Å²) in [5, 5.41) is 4.60. The zero-order valence-electron chi connectivity index (χ0n) is 11.5. The van der Waals surface area contributed by atoms with Crippen molar-refractivity contribution in [2.45, 2.75) is 33.4 Å². The first kappa shape index (κ1) is 16.8. The third kappa shape index (κ3) is 4.97. The molecule has 0 fully saturated rings. The van der Waals surface area contributed by atoms with E-state index in [2.05, 4.69) is 15.4 Å². The number of carbonyl (C=O) groups is 2. The number of hydrogen-bond acceptors (Lipinski definition) is 3. The second-order valence-electron chi connectivity index (χ2n) is 4.11. The van der Waals surface area contributed by atoms with E-state index in [0.717, 1.165) is 6.92 Å². The molecule has 2 N–H and O–H groups in total. The van der Waals surface area contributed by atoms with Crippen molar-refractivity contribution in [3.8, 4) is 5.75 Å². The molecule has 8 heteroatoms. The van der Waals surface area contributed by atoms with Crippen LogP contribution in [0.3, 0.4) is 0 Å². The van der Waals surface area contributed by atoms with Crippen molar-refractivity contribution in [2.75, 3.05) is 5.32 Å². The maximum absolute atomic E-state index is 14.1. The lowest BCUT2D eigenvalue weighted by Gasteiger charge is -2.15. The molecule has 1 aromatic rings. The standard InChI is InChI=1S/C13H15F3N2O3/c1-3-10(20)17-6-8-4-5-9(18-7(2)19)11(14)12(8)21-13(15)16/h4-5,13H,3,6H2,1-2H3,(H,17,20)(H,18,19). The summed E-state index contributed by atoms with van der Waals surface area (Å²) in [7, 11) is 0. The summed E-state index contributed by atoms with van der Waals surface area (Å²) in [4.78, 5) is 22.1. The van der Waals surface area contributed by atoms with E-state index >= 15 is 0 Å². The monoisotopic (exact) mass is 304 g/mol. The normalized spacial score (nSPS) is 10.4. The van der Waals surface area contributed by atoms with Crippen molar-refractivity contribution in [3.63, 3.8) is 0 Å². The lowest BCUT2D eigenvalue weighted by atomic mass is 10.1. The molecule has 0 saturated carbocycles. The van der Waals surface area contributed by atoms with Crippen LogP contribution in [0.25, 0.3) is 0 Å². The minimum Gasteiger partial charge on any atom is -0.431 e. The van der Waals surface area contributed by atoms with Crippen molar-refractivity contribution in [3.05, 3.63) is 23.5 Å². The van der Waals surface area contributed by atoms with Gasteiger partial charge in [-0.05, 0) is 6.07 Å². The molecule has 5 nitrogen and oxygen atoms in total. The SMILES string of the molecule is CCC(=O)NCc1ccc(NC(C)=O)c(F)c1OC(F)F. The van der Waals surface area contributed by atoms with Gasteiger partial charge in [-0.3, -0.25) is 9.59 Å². The Morgan fingerprint density at radius 1 is 1.33 bits per heavy atom. The number of alkyl halides is 2. The number of halogens is 3. The van der Waals surface area contributed by atoms with Crippen LogP contribution in [-0.2, 0) is 16.1 Å². The van der Waals surface area contributed by atoms with E-state index in [0.29, 0.717) is 0 Å². The Bertz CT molecular complexity index is 536. The Hall–Kier alpha value is -2.25. The zero-order valence-corrected chi connectivity index (χ0v) is 11.5. The minimum absolute atomic E-state index is 0.0451. The van der Waals surface area contributed by atoms with Crippen LogP contribution in [0.1, 0.15) is 25.8 Å². The molecule has 116 valence electrons. The summed E-state index contributed by atoms with van der Waals surface area (Å²) in [5.41, 5.74) is -0.229. The van der Waals surface area contributed by atoms with Gasteiger partial charge in [-0.2, -0.15) is 8.78 Å². The lowest BCUT2D eigenvalue weighted by molar-refractivity contribution is -0.121. The van der Waals surface area contributed by atoms with Gasteiger partial charge in [0.05, 0.1) is 5.69 Å². The van der Waals surface area contributed by atoms with Gasteiger partial charge in [-0.1, -0.05) is 13.0 Å². The molecule has 0 aliphatic rings. The van der Waals surface area contributed by atoms with Crippen LogP contribution >= 0.6 is 0 Å². The van der Waals surface area contributed by atoms with Gasteiger partial charge in [-0.15, -0.1) is 0 Å². The molecule has 0 radical (unpaired) electrons. The molecule has 2 amide bonds. The van der Waals surface area contributed by atoms with Crippen molar-refractivity contribution >= 4 is 17.5 Å². The van der Waals surface area contributed by atoms with Crippen LogP contribution in [0.2, 0.25) is 0 Å². The molecular formula is C13H15F3N2O3. The summed E-state index contributed by atoms with van der Waals surface area (Å²) in [5.74, 6) is -2.69. The number of benzene rings is 1. The van der Waals surface area contributed by atoms with Crippen LogP contribution in [0.15, 0.2) is 12.1 Å². The number of amides is 2. The average Bonchev–Trinajstić information content (AvgIpc) is 2.41. The van der Waals surface area contributed by atoms with E-state index in [1.807, 2.05) is 0 Å². The topological polar surface area (TPSA) is 67.4 Å². The number of nitrogens with one attached hydrogen (secondary N) is 2. The maximum Gasteiger partial charge on any atom is 0.387 e. The molecule has 0 aliphatic carbocycles. The van der Waals surface area contributed by atoms with Crippen LogP contribution in [0.5, 0.6) is 5.75 Å². The Morgan fingerprint density at radius 3 is 2.52 bits per heavy atom. The fraction of sp³-hybridized carbons (Fsp3) is 0.385. The van der Waals surface area contributed by atoms with Crippen LogP contribution < -0.4 is 15.4 Å². The molecular weight excluding hydrogens is 289 g/mol. The van der Waals surface area contributed by atoms with Gasteiger partial charge in [0.25, 0.3) is 0 Å². The largest absolute Gasteiger partial charge is 0.431 e. The summed E-state index contributed by atoms with van der Waals surface area (Å²) in [6.45, 7) is -0.617. The predicted octanol–water partition coefficient (Wildman–Crippen LogP) is 2.41. The Labute approximate surface area is 119 Å². The van der Waals surface area contributed by atoms with Crippen LogP contribution in [0, 0.1) is 5.82 Å². The van der Waals surface area contributed by atoms with Gasteiger partial charge in [0.1, 0.15) is 0 Å². The average molecular weight is 304 g/mol. The van der Waals surface area contributed by atoms with E-state index in [-0.39, 0.29) is 30.1 Å². The van der Waals surface area contributed by atoms with Crippen molar-refractivity contribution in [2.24, 2.45) is 0 Å². The van der Waals surface area contributed by atoms with Gasteiger partial charge >= 0.3 is 6.61 Å². The lowest BCUT2D eigenvalue weighted by Crippen LogP contribution is -2.22. The van der Waals surface area contributed by atoms with Crippen molar-refractivity contribution in [1.29, 1.82) is 0 Å². The third-order valence-corrected chi connectivity index (χ3v) is 2.49. The quantitative estimate of drug-likeness (QED) is 0.848. The van der Waals surface area contributed by atoms with E-state index in [9.17, 15) is 22.8 Å². The highest BCUT2D eigenvalue weighted by Gasteiger charge is 2.19. The highest BCUT2D eigenvalue weighted by molar-refractivity contribution is 5.89. The number of ether oxygens (including phenoxy) is 1. The first-order chi connectivity index (χ1) is 9.85. The van der Waals surface area contributed by atoms with Crippen molar-refractivity contribution < 1.29 is 27.5 Å². The van der Waals surface area contributed by atoms with E-state index in [1.54, 1.807) is 6.92 Å². The zero-order chi connectivity index (χ0) is 16.0. The van der Waals surface area contributed by atoms with E-state index in [4.69, 9.17) is 0 Å². The molecule has 0 heterocycles. The Kier molecular flexibility index (Phi) is 6.01. The molecule has 0 spiro atoms. The summed E-state index contributed by atoms with van der Waals surface area (Å²) >= 11 is 0. The molecule has 0 unspecified atom stereocenters.